The van der Waals surface area contributed by atoms with Gasteiger partial charge in [-0.2, -0.15) is 5.26 Å². The highest BCUT2D eigenvalue weighted by molar-refractivity contribution is 7.88. The number of rotatable bonds is 4. The van der Waals surface area contributed by atoms with Crippen LogP contribution in [0.4, 0.5) is 0 Å². The van der Waals surface area contributed by atoms with Gasteiger partial charge in [-0.1, -0.05) is 12.1 Å². The summed E-state index contributed by atoms with van der Waals surface area (Å²) in [5, 5.41) is 17.7. The highest BCUT2D eigenvalue weighted by atomic mass is 32.2. The van der Waals surface area contributed by atoms with E-state index in [9.17, 15) is 13.2 Å². The second kappa shape index (κ2) is 5.61. The van der Waals surface area contributed by atoms with Crippen LogP contribution >= 0.6 is 0 Å². The standard InChI is InChI=1S/C13H14N2O4S/c14-7-10-2-1-3-11(6-10)9-20(18,19)15-5-4-12(8-15)13(16)17/h1-3,6,12H,4-5,8-9H2,(H,16,17)/t12-/m0/s1. The lowest BCUT2D eigenvalue weighted by Crippen LogP contribution is -2.31. The van der Waals surface area contributed by atoms with Gasteiger partial charge in [-0.15, -0.1) is 0 Å². The molecule has 0 aliphatic carbocycles. The lowest BCUT2D eigenvalue weighted by atomic mass is 10.1. The van der Waals surface area contributed by atoms with Crippen molar-refractivity contribution in [3.05, 3.63) is 35.4 Å². The molecule has 0 aromatic heterocycles. The number of hydrogen-bond acceptors (Lipinski definition) is 4. The molecule has 1 saturated heterocycles. The molecule has 0 unspecified atom stereocenters. The van der Waals surface area contributed by atoms with Gasteiger partial charge in [0.15, 0.2) is 0 Å². The van der Waals surface area contributed by atoms with Crippen LogP contribution in [0.2, 0.25) is 0 Å². The predicted octanol–water partition coefficient (Wildman–Crippen LogP) is 0.795. The smallest absolute Gasteiger partial charge is 0.307 e. The Labute approximate surface area is 117 Å². The van der Waals surface area contributed by atoms with Gasteiger partial charge in [0.1, 0.15) is 0 Å². The number of sulfonamides is 1. The number of carbonyl (C=O) groups is 1. The molecule has 7 heteroatoms. The summed E-state index contributed by atoms with van der Waals surface area (Å²) >= 11 is 0. The first-order chi connectivity index (χ1) is 9.42. The normalized spacial score (nSPS) is 19.6. The molecule has 1 atom stereocenters. The largest absolute Gasteiger partial charge is 0.481 e. The molecule has 0 spiro atoms. The van der Waals surface area contributed by atoms with E-state index in [-0.39, 0.29) is 18.8 Å². The fraction of sp³-hybridized carbons (Fsp3) is 0.385. The lowest BCUT2D eigenvalue weighted by molar-refractivity contribution is -0.141. The molecule has 1 aromatic rings. The summed E-state index contributed by atoms with van der Waals surface area (Å²) in [4.78, 5) is 10.9. The molecular weight excluding hydrogens is 280 g/mol. The molecule has 1 fully saturated rings. The van der Waals surface area contributed by atoms with Crippen LogP contribution in [-0.2, 0) is 20.6 Å². The molecule has 1 N–H and O–H groups in total. The van der Waals surface area contributed by atoms with Gasteiger partial charge in [0.05, 0.1) is 23.3 Å². The van der Waals surface area contributed by atoms with Crippen molar-refractivity contribution < 1.29 is 18.3 Å². The van der Waals surface area contributed by atoms with Gasteiger partial charge in [0.25, 0.3) is 0 Å². The summed E-state index contributed by atoms with van der Waals surface area (Å²) in [6.45, 7) is 0.257. The van der Waals surface area contributed by atoms with Crippen molar-refractivity contribution in [1.82, 2.24) is 4.31 Å². The van der Waals surface area contributed by atoms with Gasteiger partial charge >= 0.3 is 5.97 Å². The van der Waals surface area contributed by atoms with Crippen molar-refractivity contribution in [1.29, 1.82) is 5.26 Å². The molecule has 0 amide bonds. The van der Waals surface area contributed by atoms with E-state index in [1.54, 1.807) is 18.2 Å². The third-order valence-electron chi connectivity index (χ3n) is 3.30. The second-order valence-corrected chi connectivity index (χ2v) is 6.72. The molecular formula is C13H14N2O4S. The Kier molecular flexibility index (Phi) is 4.06. The molecule has 0 saturated carbocycles. The summed E-state index contributed by atoms with van der Waals surface area (Å²) in [6.07, 6.45) is 0.340. The lowest BCUT2D eigenvalue weighted by Gasteiger charge is -2.15. The minimum Gasteiger partial charge on any atom is -0.481 e. The van der Waals surface area contributed by atoms with Crippen LogP contribution in [0.25, 0.3) is 0 Å². The summed E-state index contributed by atoms with van der Waals surface area (Å²) in [5.74, 6) is -1.81. The zero-order valence-electron chi connectivity index (χ0n) is 10.7. The van der Waals surface area contributed by atoms with Crippen molar-refractivity contribution >= 4 is 16.0 Å². The molecule has 20 heavy (non-hydrogen) atoms. The monoisotopic (exact) mass is 294 g/mol. The number of aliphatic carboxylic acids is 1. The van der Waals surface area contributed by atoms with E-state index in [2.05, 4.69) is 0 Å². The van der Waals surface area contributed by atoms with Crippen molar-refractivity contribution in [2.75, 3.05) is 13.1 Å². The Bertz CT molecular complexity index is 663. The van der Waals surface area contributed by atoms with Gasteiger partial charge in [-0.05, 0) is 24.1 Å². The van der Waals surface area contributed by atoms with E-state index < -0.39 is 21.9 Å². The maximum absolute atomic E-state index is 12.2. The Morgan fingerprint density at radius 3 is 2.85 bits per heavy atom. The van der Waals surface area contributed by atoms with Gasteiger partial charge in [0.2, 0.25) is 10.0 Å². The fourth-order valence-corrected chi connectivity index (χ4v) is 3.79. The average molecular weight is 294 g/mol. The third kappa shape index (κ3) is 3.15. The molecule has 1 aliphatic rings. The summed E-state index contributed by atoms with van der Waals surface area (Å²) in [6, 6.07) is 8.37. The second-order valence-electron chi connectivity index (χ2n) is 4.75. The average Bonchev–Trinajstić information content (AvgIpc) is 2.89. The van der Waals surface area contributed by atoms with E-state index >= 15 is 0 Å². The number of benzene rings is 1. The van der Waals surface area contributed by atoms with E-state index in [1.165, 1.54) is 10.4 Å². The van der Waals surface area contributed by atoms with Crippen LogP contribution in [0.5, 0.6) is 0 Å². The zero-order chi connectivity index (χ0) is 14.8. The summed E-state index contributed by atoms with van der Waals surface area (Å²) < 4.78 is 25.7. The molecule has 0 radical (unpaired) electrons. The topological polar surface area (TPSA) is 98.5 Å². The molecule has 1 heterocycles. The highest BCUT2D eigenvalue weighted by Crippen LogP contribution is 2.22. The van der Waals surface area contributed by atoms with Gasteiger partial charge in [-0.25, -0.2) is 12.7 Å². The Morgan fingerprint density at radius 2 is 2.25 bits per heavy atom. The molecule has 2 rings (SSSR count). The highest BCUT2D eigenvalue weighted by Gasteiger charge is 2.34. The van der Waals surface area contributed by atoms with Crippen LogP contribution in [0.1, 0.15) is 17.5 Å². The first-order valence-corrected chi connectivity index (χ1v) is 7.73. The number of nitriles is 1. The number of nitrogens with zero attached hydrogens (tertiary/aromatic N) is 2. The maximum atomic E-state index is 12.2. The van der Waals surface area contributed by atoms with Crippen LogP contribution in [0, 0.1) is 17.2 Å². The van der Waals surface area contributed by atoms with Gasteiger partial charge in [0, 0.05) is 13.1 Å². The minimum atomic E-state index is -3.54. The van der Waals surface area contributed by atoms with Crippen molar-refractivity contribution in [2.45, 2.75) is 12.2 Å². The van der Waals surface area contributed by atoms with Crippen molar-refractivity contribution in [3.8, 4) is 6.07 Å². The van der Waals surface area contributed by atoms with Crippen LogP contribution in [0.15, 0.2) is 24.3 Å². The van der Waals surface area contributed by atoms with Gasteiger partial charge < -0.3 is 5.11 Å². The molecule has 1 aromatic carbocycles. The zero-order valence-corrected chi connectivity index (χ0v) is 11.5. The van der Waals surface area contributed by atoms with Crippen molar-refractivity contribution in [3.63, 3.8) is 0 Å². The fourth-order valence-electron chi connectivity index (χ4n) is 2.21. The predicted molar refractivity (Wildman–Crippen MR) is 71.1 cm³/mol. The van der Waals surface area contributed by atoms with E-state index in [4.69, 9.17) is 10.4 Å². The Morgan fingerprint density at radius 1 is 1.50 bits per heavy atom. The van der Waals surface area contributed by atoms with E-state index in [1.807, 2.05) is 6.07 Å². The number of carboxylic acid groups (broad SMARTS) is 1. The Balaban J connectivity index is 2.12. The van der Waals surface area contributed by atoms with Gasteiger partial charge in [-0.3, -0.25) is 4.79 Å². The SMILES string of the molecule is N#Cc1cccc(CS(=O)(=O)N2CC[C@H](C(=O)O)C2)c1. The van der Waals surface area contributed by atoms with Crippen LogP contribution in [-0.4, -0.2) is 36.9 Å². The quantitative estimate of drug-likeness (QED) is 0.885. The molecule has 6 nitrogen and oxygen atoms in total. The Hall–Kier alpha value is -1.91. The third-order valence-corrected chi connectivity index (χ3v) is 5.12. The molecule has 1 aliphatic heterocycles. The summed E-state index contributed by atoms with van der Waals surface area (Å²) in [5.41, 5.74) is 0.936. The van der Waals surface area contributed by atoms with E-state index in [0.29, 0.717) is 17.5 Å². The van der Waals surface area contributed by atoms with Crippen molar-refractivity contribution in [2.24, 2.45) is 5.92 Å². The van der Waals surface area contributed by atoms with Crippen LogP contribution in [0.3, 0.4) is 0 Å². The summed E-state index contributed by atoms with van der Waals surface area (Å²) in [7, 11) is -3.54. The first-order valence-electron chi connectivity index (χ1n) is 6.12. The van der Waals surface area contributed by atoms with E-state index in [0.717, 1.165) is 0 Å². The minimum absolute atomic E-state index is 0.0234. The molecule has 106 valence electrons. The maximum Gasteiger partial charge on any atom is 0.307 e. The van der Waals surface area contributed by atoms with Crippen LogP contribution < -0.4 is 0 Å². The number of carboxylic acids is 1. The number of hydrogen-bond donors (Lipinski definition) is 1. The first kappa shape index (κ1) is 14.5. The molecule has 0 bridgehead atoms.